The van der Waals surface area contributed by atoms with Gasteiger partial charge >= 0.3 is 6.16 Å². The molecule has 0 spiro atoms. The largest absolute Gasteiger partial charge is 0.509 e. The van der Waals surface area contributed by atoms with Gasteiger partial charge in [0.15, 0.2) is 0 Å². The maximum absolute atomic E-state index is 10.7. The van der Waals surface area contributed by atoms with Crippen LogP contribution in [0.2, 0.25) is 0 Å². The maximum atomic E-state index is 10.7. The van der Waals surface area contributed by atoms with Crippen molar-refractivity contribution in [2.75, 3.05) is 0 Å². The van der Waals surface area contributed by atoms with Gasteiger partial charge in [0.2, 0.25) is 0 Å². The molecule has 3 nitrogen and oxygen atoms in total. The van der Waals surface area contributed by atoms with Crippen molar-refractivity contribution in [3.8, 4) is 0 Å². The summed E-state index contributed by atoms with van der Waals surface area (Å²) in [7, 11) is 0. The monoisotopic (exact) mass is 186 g/mol. The number of rotatable bonds is 5. The van der Waals surface area contributed by atoms with Crippen molar-refractivity contribution in [2.45, 2.75) is 58.2 Å². The first-order valence-corrected chi connectivity index (χ1v) is 5.11. The molecule has 2 unspecified atom stereocenters. The van der Waals surface area contributed by atoms with Crippen molar-refractivity contribution in [3.63, 3.8) is 0 Å². The molecule has 76 valence electrons. The molecule has 0 radical (unpaired) electrons. The van der Waals surface area contributed by atoms with Gasteiger partial charge in [0.1, 0.15) is 12.2 Å². The Hall–Kier alpha value is -0.730. The van der Waals surface area contributed by atoms with Crippen LogP contribution in [0.15, 0.2) is 0 Å². The van der Waals surface area contributed by atoms with Crippen LogP contribution in [0.5, 0.6) is 0 Å². The van der Waals surface area contributed by atoms with Crippen molar-refractivity contribution < 1.29 is 14.3 Å². The van der Waals surface area contributed by atoms with E-state index in [1.165, 1.54) is 19.3 Å². The van der Waals surface area contributed by atoms with Crippen molar-refractivity contribution in [3.05, 3.63) is 0 Å². The Balaban J connectivity index is 2.11. The molecule has 0 saturated carbocycles. The van der Waals surface area contributed by atoms with Crippen LogP contribution in [0.3, 0.4) is 0 Å². The third-order valence-corrected chi connectivity index (χ3v) is 2.40. The maximum Gasteiger partial charge on any atom is 0.509 e. The lowest BCUT2D eigenvalue weighted by Crippen LogP contribution is -2.18. The molecule has 1 fully saturated rings. The number of unbranched alkanes of at least 4 members (excludes halogenated alkanes) is 3. The van der Waals surface area contributed by atoms with Gasteiger partial charge in [-0.1, -0.05) is 26.2 Å². The van der Waals surface area contributed by atoms with Crippen LogP contribution in [0.4, 0.5) is 4.79 Å². The van der Waals surface area contributed by atoms with E-state index in [1.54, 1.807) is 0 Å². The smallest absolute Gasteiger partial charge is 0.427 e. The van der Waals surface area contributed by atoms with Crippen molar-refractivity contribution in [1.82, 2.24) is 0 Å². The summed E-state index contributed by atoms with van der Waals surface area (Å²) in [5, 5.41) is 0. The van der Waals surface area contributed by atoms with E-state index in [-0.39, 0.29) is 12.2 Å². The summed E-state index contributed by atoms with van der Waals surface area (Å²) in [5.74, 6) is 0. The standard InChI is InChI=1S/C10H18O3/c1-3-4-5-6-7-9-8(2)12-10(11)13-9/h8-9H,3-7H2,1-2H3. The zero-order valence-corrected chi connectivity index (χ0v) is 8.41. The molecule has 1 saturated heterocycles. The van der Waals surface area contributed by atoms with E-state index in [2.05, 4.69) is 6.92 Å². The first kappa shape index (κ1) is 10.4. The van der Waals surface area contributed by atoms with Gasteiger partial charge in [-0.3, -0.25) is 0 Å². The first-order valence-electron chi connectivity index (χ1n) is 5.11. The highest BCUT2D eigenvalue weighted by Gasteiger charge is 2.32. The molecule has 0 aromatic rings. The number of hydrogen-bond acceptors (Lipinski definition) is 3. The molecule has 2 atom stereocenters. The third kappa shape index (κ3) is 3.25. The van der Waals surface area contributed by atoms with E-state index < -0.39 is 6.16 Å². The van der Waals surface area contributed by atoms with Gasteiger partial charge in [0, 0.05) is 0 Å². The third-order valence-electron chi connectivity index (χ3n) is 2.40. The minimum absolute atomic E-state index is 0.00986. The second kappa shape index (κ2) is 5.10. The Kier molecular flexibility index (Phi) is 4.06. The summed E-state index contributed by atoms with van der Waals surface area (Å²) in [6.45, 7) is 4.07. The van der Waals surface area contributed by atoms with E-state index in [9.17, 15) is 4.79 Å². The van der Waals surface area contributed by atoms with Gasteiger partial charge in [0.25, 0.3) is 0 Å². The van der Waals surface area contributed by atoms with E-state index in [1.807, 2.05) is 6.92 Å². The fourth-order valence-corrected chi connectivity index (χ4v) is 1.54. The predicted octanol–water partition coefficient (Wildman–Crippen LogP) is 2.88. The second-order valence-corrected chi connectivity index (χ2v) is 3.58. The number of hydrogen-bond donors (Lipinski definition) is 0. The summed E-state index contributed by atoms with van der Waals surface area (Å²) in [5.41, 5.74) is 0. The quantitative estimate of drug-likeness (QED) is 0.489. The van der Waals surface area contributed by atoms with E-state index in [0.717, 1.165) is 12.8 Å². The van der Waals surface area contributed by atoms with E-state index >= 15 is 0 Å². The molecule has 3 heteroatoms. The van der Waals surface area contributed by atoms with Crippen molar-refractivity contribution in [1.29, 1.82) is 0 Å². The average Bonchev–Trinajstić information content (AvgIpc) is 2.39. The number of carbonyl (C=O) groups excluding carboxylic acids is 1. The van der Waals surface area contributed by atoms with Crippen molar-refractivity contribution >= 4 is 6.16 Å². The Morgan fingerprint density at radius 2 is 2.00 bits per heavy atom. The zero-order valence-electron chi connectivity index (χ0n) is 8.41. The summed E-state index contributed by atoms with van der Waals surface area (Å²) < 4.78 is 9.86. The molecule has 1 aliphatic heterocycles. The van der Waals surface area contributed by atoms with Gasteiger partial charge in [-0.2, -0.15) is 0 Å². The van der Waals surface area contributed by atoms with Gasteiger partial charge in [-0.15, -0.1) is 0 Å². The van der Waals surface area contributed by atoms with E-state index in [4.69, 9.17) is 9.47 Å². The van der Waals surface area contributed by atoms with Crippen LogP contribution in [0, 0.1) is 0 Å². The minimum Gasteiger partial charge on any atom is -0.427 e. The molecule has 0 aromatic heterocycles. The first-order chi connectivity index (χ1) is 6.24. The number of ether oxygens (including phenoxy) is 2. The summed E-state index contributed by atoms with van der Waals surface area (Å²) in [6.07, 6.45) is 5.20. The van der Waals surface area contributed by atoms with Crippen LogP contribution in [-0.4, -0.2) is 18.4 Å². The predicted molar refractivity (Wildman–Crippen MR) is 49.6 cm³/mol. The van der Waals surface area contributed by atoms with Crippen LogP contribution < -0.4 is 0 Å². The second-order valence-electron chi connectivity index (χ2n) is 3.58. The molecule has 1 heterocycles. The summed E-state index contributed by atoms with van der Waals surface area (Å²) in [6, 6.07) is 0. The minimum atomic E-state index is -0.506. The van der Waals surface area contributed by atoms with Gasteiger partial charge in [-0.25, -0.2) is 4.79 Å². The molecule has 0 bridgehead atoms. The van der Waals surface area contributed by atoms with Gasteiger partial charge < -0.3 is 9.47 Å². The number of cyclic esters (lactones) is 2. The van der Waals surface area contributed by atoms with Gasteiger partial charge in [0.05, 0.1) is 0 Å². The van der Waals surface area contributed by atoms with Gasteiger partial charge in [-0.05, 0) is 19.8 Å². The molecule has 1 rings (SSSR count). The Morgan fingerprint density at radius 1 is 1.23 bits per heavy atom. The van der Waals surface area contributed by atoms with Crippen LogP contribution in [0.25, 0.3) is 0 Å². The molecular formula is C10H18O3. The highest BCUT2D eigenvalue weighted by molar-refractivity contribution is 5.62. The highest BCUT2D eigenvalue weighted by Crippen LogP contribution is 2.20. The van der Waals surface area contributed by atoms with Crippen LogP contribution in [0.1, 0.15) is 46.0 Å². The summed E-state index contributed by atoms with van der Waals surface area (Å²) >= 11 is 0. The summed E-state index contributed by atoms with van der Waals surface area (Å²) in [4.78, 5) is 10.7. The van der Waals surface area contributed by atoms with Crippen LogP contribution in [-0.2, 0) is 9.47 Å². The lowest BCUT2D eigenvalue weighted by molar-refractivity contribution is 0.115. The Bertz CT molecular complexity index is 168. The van der Waals surface area contributed by atoms with Crippen molar-refractivity contribution in [2.24, 2.45) is 0 Å². The molecule has 1 aliphatic rings. The van der Waals surface area contributed by atoms with Crippen LogP contribution >= 0.6 is 0 Å². The SMILES string of the molecule is CCCCCCC1OC(=O)OC1C. The molecule has 0 N–H and O–H groups in total. The molecule has 0 aromatic carbocycles. The van der Waals surface area contributed by atoms with E-state index in [0.29, 0.717) is 0 Å². The lowest BCUT2D eigenvalue weighted by atomic mass is 10.1. The zero-order chi connectivity index (χ0) is 9.68. The Labute approximate surface area is 79.4 Å². The average molecular weight is 186 g/mol. The molecule has 0 aliphatic carbocycles. The Morgan fingerprint density at radius 3 is 2.54 bits per heavy atom. The molecular weight excluding hydrogens is 168 g/mol. The molecule has 0 amide bonds. The fraction of sp³-hybridized carbons (Fsp3) is 0.900. The fourth-order valence-electron chi connectivity index (χ4n) is 1.54. The number of carbonyl (C=O) groups is 1. The normalized spacial score (nSPS) is 27.1. The highest BCUT2D eigenvalue weighted by atomic mass is 16.8. The lowest BCUT2D eigenvalue weighted by Gasteiger charge is -2.09. The topological polar surface area (TPSA) is 35.5 Å². The molecule has 13 heavy (non-hydrogen) atoms.